The molecular formula is C17H21NO4S. The number of carbonyl (C=O) groups is 3. The second kappa shape index (κ2) is 7.17. The van der Waals surface area contributed by atoms with Crippen molar-refractivity contribution in [3.8, 4) is 0 Å². The zero-order chi connectivity index (χ0) is 17.1. The van der Waals surface area contributed by atoms with Crippen molar-refractivity contribution in [3.63, 3.8) is 0 Å². The molecule has 1 amide bonds. The van der Waals surface area contributed by atoms with Gasteiger partial charge in [0.05, 0.1) is 0 Å². The van der Waals surface area contributed by atoms with Gasteiger partial charge in [-0.1, -0.05) is 41.1 Å². The number of benzene rings is 1. The van der Waals surface area contributed by atoms with Crippen LogP contribution in [0, 0.1) is 19.8 Å². The molecule has 0 aliphatic carbocycles. The number of rotatable bonds is 5. The van der Waals surface area contributed by atoms with E-state index >= 15 is 0 Å². The maximum absolute atomic E-state index is 12.3. The third kappa shape index (κ3) is 4.34. The fourth-order valence-electron chi connectivity index (χ4n) is 3.03. The predicted molar refractivity (Wildman–Crippen MR) is 89.3 cm³/mol. The van der Waals surface area contributed by atoms with Gasteiger partial charge >= 0.3 is 5.97 Å². The Morgan fingerprint density at radius 2 is 1.91 bits per heavy atom. The van der Waals surface area contributed by atoms with Gasteiger partial charge in [-0.05, 0) is 25.3 Å². The van der Waals surface area contributed by atoms with Gasteiger partial charge in [0.15, 0.2) is 11.2 Å². The van der Waals surface area contributed by atoms with Crippen LogP contribution in [0.4, 0.5) is 0 Å². The summed E-state index contributed by atoms with van der Waals surface area (Å²) in [6.07, 6.45) is 0.300. The average Bonchev–Trinajstić information content (AvgIpc) is 2.76. The fourth-order valence-corrected chi connectivity index (χ4v) is 3.72. The van der Waals surface area contributed by atoms with Crippen molar-refractivity contribution < 1.29 is 19.5 Å². The summed E-state index contributed by atoms with van der Waals surface area (Å²) in [6.45, 7) is 5.69. The highest BCUT2D eigenvalue weighted by atomic mass is 32.2. The molecule has 5 nitrogen and oxygen atoms in total. The number of carboxylic acid groups (broad SMARTS) is 1. The highest BCUT2D eigenvalue weighted by molar-refractivity contribution is 8.13. The number of carbonyl (C=O) groups excluding carboxylic acids is 2. The molecule has 0 saturated carbocycles. The van der Waals surface area contributed by atoms with Crippen LogP contribution in [-0.4, -0.2) is 39.3 Å². The molecule has 23 heavy (non-hydrogen) atoms. The topological polar surface area (TPSA) is 74.7 Å². The number of amides is 1. The fraction of sp³-hybridized carbons (Fsp3) is 0.471. The van der Waals surface area contributed by atoms with E-state index in [-0.39, 0.29) is 16.9 Å². The minimum Gasteiger partial charge on any atom is -0.479 e. The number of thioether (sulfide) groups is 1. The minimum absolute atomic E-state index is 0.0139. The molecule has 1 heterocycles. The third-order valence-corrected chi connectivity index (χ3v) is 4.91. The van der Waals surface area contributed by atoms with E-state index in [1.807, 2.05) is 32.0 Å². The molecule has 0 radical (unpaired) electrons. The summed E-state index contributed by atoms with van der Waals surface area (Å²) in [5.74, 6) is -0.616. The van der Waals surface area contributed by atoms with Crippen molar-refractivity contribution in [1.82, 2.24) is 4.90 Å². The SMILES string of the molecule is CC(=O)SCC1CC(=O)N(C(C(=O)O)c2cc(C)cc(C)c2)C1. The van der Waals surface area contributed by atoms with Crippen molar-refractivity contribution in [1.29, 1.82) is 0 Å². The van der Waals surface area contributed by atoms with Gasteiger partial charge in [0.1, 0.15) is 0 Å². The predicted octanol–water partition coefficient (Wildman–Crippen LogP) is 2.56. The summed E-state index contributed by atoms with van der Waals surface area (Å²) in [5, 5.41) is 9.65. The van der Waals surface area contributed by atoms with Gasteiger partial charge in [0.2, 0.25) is 5.91 Å². The highest BCUT2D eigenvalue weighted by Crippen LogP contribution is 2.31. The maximum Gasteiger partial charge on any atom is 0.331 e. The van der Waals surface area contributed by atoms with Crippen LogP contribution in [-0.2, 0) is 14.4 Å². The van der Waals surface area contributed by atoms with Gasteiger partial charge in [-0.3, -0.25) is 9.59 Å². The van der Waals surface area contributed by atoms with Crippen molar-refractivity contribution in [2.45, 2.75) is 33.2 Å². The van der Waals surface area contributed by atoms with E-state index in [0.717, 1.165) is 11.1 Å². The molecule has 1 aromatic rings. The van der Waals surface area contributed by atoms with Crippen LogP contribution < -0.4 is 0 Å². The van der Waals surface area contributed by atoms with Gasteiger partial charge in [-0.25, -0.2) is 4.79 Å². The molecule has 1 N–H and O–H groups in total. The molecule has 124 valence electrons. The molecule has 2 unspecified atom stereocenters. The van der Waals surface area contributed by atoms with E-state index in [0.29, 0.717) is 24.3 Å². The van der Waals surface area contributed by atoms with E-state index in [4.69, 9.17) is 0 Å². The Labute approximate surface area is 140 Å². The molecular weight excluding hydrogens is 314 g/mol. The monoisotopic (exact) mass is 335 g/mol. The molecule has 1 saturated heterocycles. The van der Waals surface area contributed by atoms with Crippen molar-refractivity contribution in [3.05, 3.63) is 34.9 Å². The number of hydrogen-bond donors (Lipinski definition) is 1. The van der Waals surface area contributed by atoms with E-state index in [1.54, 1.807) is 0 Å². The Hall–Kier alpha value is -1.82. The Morgan fingerprint density at radius 3 is 2.43 bits per heavy atom. The van der Waals surface area contributed by atoms with Crippen LogP contribution in [0.5, 0.6) is 0 Å². The number of aryl methyl sites for hydroxylation is 2. The summed E-state index contributed by atoms with van der Waals surface area (Å²) in [4.78, 5) is 36.6. The first-order valence-electron chi connectivity index (χ1n) is 7.51. The molecule has 0 aromatic heterocycles. The van der Waals surface area contributed by atoms with E-state index in [1.165, 1.54) is 23.6 Å². The lowest BCUT2D eigenvalue weighted by Crippen LogP contribution is -2.35. The second-order valence-electron chi connectivity index (χ2n) is 6.08. The first-order valence-corrected chi connectivity index (χ1v) is 8.50. The number of likely N-dealkylation sites (tertiary alicyclic amines) is 1. The van der Waals surface area contributed by atoms with Crippen LogP contribution in [0.15, 0.2) is 18.2 Å². The van der Waals surface area contributed by atoms with E-state index < -0.39 is 12.0 Å². The standard InChI is InChI=1S/C17H21NO4S/c1-10-4-11(2)6-14(5-10)16(17(21)22)18-8-13(7-15(18)20)9-23-12(3)19/h4-6,13,16H,7-9H2,1-3H3,(H,21,22). The lowest BCUT2D eigenvalue weighted by molar-refractivity contribution is -0.148. The Morgan fingerprint density at radius 1 is 1.30 bits per heavy atom. The Bertz CT molecular complexity index is 623. The van der Waals surface area contributed by atoms with Gasteiger partial charge in [-0.15, -0.1) is 0 Å². The van der Waals surface area contributed by atoms with Gasteiger partial charge in [0, 0.05) is 25.6 Å². The molecule has 1 aliphatic heterocycles. The van der Waals surface area contributed by atoms with E-state index in [9.17, 15) is 19.5 Å². The smallest absolute Gasteiger partial charge is 0.331 e. The largest absolute Gasteiger partial charge is 0.479 e. The van der Waals surface area contributed by atoms with Crippen LogP contribution in [0.1, 0.15) is 36.1 Å². The lowest BCUT2D eigenvalue weighted by Gasteiger charge is -2.25. The van der Waals surface area contributed by atoms with Crippen LogP contribution in [0.3, 0.4) is 0 Å². The van der Waals surface area contributed by atoms with E-state index in [2.05, 4.69) is 0 Å². The molecule has 0 bridgehead atoms. The summed E-state index contributed by atoms with van der Waals surface area (Å²) in [7, 11) is 0. The molecule has 2 rings (SSSR count). The quantitative estimate of drug-likeness (QED) is 0.895. The maximum atomic E-state index is 12.3. The Kier molecular flexibility index (Phi) is 5.46. The van der Waals surface area contributed by atoms with Crippen LogP contribution in [0.2, 0.25) is 0 Å². The molecule has 2 atom stereocenters. The molecule has 0 spiro atoms. The molecule has 6 heteroatoms. The zero-order valence-corrected chi connectivity index (χ0v) is 14.4. The van der Waals surface area contributed by atoms with Gasteiger partial charge < -0.3 is 10.0 Å². The van der Waals surface area contributed by atoms with Crippen molar-refractivity contribution in [2.75, 3.05) is 12.3 Å². The molecule has 1 aromatic carbocycles. The van der Waals surface area contributed by atoms with Crippen LogP contribution >= 0.6 is 11.8 Å². The Balaban J connectivity index is 2.22. The van der Waals surface area contributed by atoms with Crippen LogP contribution in [0.25, 0.3) is 0 Å². The summed E-state index contributed by atoms with van der Waals surface area (Å²) in [6, 6.07) is 4.64. The first kappa shape index (κ1) is 17.5. The summed E-state index contributed by atoms with van der Waals surface area (Å²) in [5.41, 5.74) is 2.58. The molecule has 1 aliphatic rings. The normalized spacial score (nSPS) is 19.0. The number of aliphatic carboxylic acids is 1. The van der Waals surface area contributed by atoms with Gasteiger partial charge in [-0.2, -0.15) is 0 Å². The number of nitrogens with zero attached hydrogens (tertiary/aromatic N) is 1. The zero-order valence-electron chi connectivity index (χ0n) is 13.5. The lowest BCUT2D eigenvalue weighted by atomic mass is 10.0. The molecule has 1 fully saturated rings. The number of carboxylic acids is 1. The highest BCUT2D eigenvalue weighted by Gasteiger charge is 2.38. The summed E-state index contributed by atoms with van der Waals surface area (Å²) >= 11 is 1.19. The summed E-state index contributed by atoms with van der Waals surface area (Å²) < 4.78 is 0. The minimum atomic E-state index is -1.02. The average molecular weight is 335 g/mol. The first-order chi connectivity index (χ1) is 10.8. The van der Waals surface area contributed by atoms with Gasteiger partial charge in [0.25, 0.3) is 0 Å². The van der Waals surface area contributed by atoms with Crippen molar-refractivity contribution in [2.24, 2.45) is 5.92 Å². The van der Waals surface area contributed by atoms with Crippen molar-refractivity contribution >= 4 is 28.8 Å². The second-order valence-corrected chi connectivity index (χ2v) is 7.28. The number of hydrogen-bond acceptors (Lipinski definition) is 4. The third-order valence-electron chi connectivity index (χ3n) is 3.87.